The smallest absolute Gasteiger partial charge is 0.351 e. The van der Waals surface area contributed by atoms with Crippen LogP contribution in [0.25, 0.3) is 0 Å². The van der Waals surface area contributed by atoms with Crippen LogP contribution in [0, 0.1) is 6.92 Å². The van der Waals surface area contributed by atoms with Crippen molar-refractivity contribution in [2.45, 2.75) is 26.6 Å². The van der Waals surface area contributed by atoms with Gasteiger partial charge in [-0.3, -0.25) is 0 Å². The van der Waals surface area contributed by atoms with Crippen LogP contribution >= 0.6 is 0 Å². The van der Waals surface area contributed by atoms with E-state index in [-0.39, 0.29) is 0 Å². The molecule has 6 heteroatoms. The second-order valence-electron chi connectivity index (χ2n) is 4.72. The Balaban J connectivity index is 2.20. The average molecular weight is 295 g/mol. The summed E-state index contributed by atoms with van der Waals surface area (Å²) in [6.07, 6.45) is -4.46. The first-order valence-electron chi connectivity index (χ1n) is 6.62. The SMILES string of the molecule is CCN(Cc1ccccc1C)c1ccc(C(F)(F)F)nn1. The Bertz CT molecular complexity index is 594. The minimum atomic E-state index is -4.46. The first kappa shape index (κ1) is 15.3. The maximum atomic E-state index is 12.5. The summed E-state index contributed by atoms with van der Waals surface area (Å²) in [5.41, 5.74) is 1.27. The van der Waals surface area contributed by atoms with Crippen LogP contribution in [-0.2, 0) is 12.7 Å². The second-order valence-corrected chi connectivity index (χ2v) is 4.72. The summed E-state index contributed by atoms with van der Waals surface area (Å²) in [5.74, 6) is 0.439. The van der Waals surface area contributed by atoms with Gasteiger partial charge in [-0.25, -0.2) is 0 Å². The molecule has 0 radical (unpaired) electrons. The van der Waals surface area contributed by atoms with Gasteiger partial charge in [-0.2, -0.15) is 13.2 Å². The van der Waals surface area contributed by atoms with E-state index in [1.807, 2.05) is 43.0 Å². The van der Waals surface area contributed by atoms with E-state index in [4.69, 9.17) is 0 Å². The van der Waals surface area contributed by atoms with Crippen molar-refractivity contribution in [2.75, 3.05) is 11.4 Å². The molecule has 3 nitrogen and oxygen atoms in total. The molecule has 0 saturated heterocycles. The van der Waals surface area contributed by atoms with Gasteiger partial charge in [0.25, 0.3) is 0 Å². The third kappa shape index (κ3) is 3.71. The highest BCUT2D eigenvalue weighted by Crippen LogP contribution is 2.27. The molecular formula is C15H16F3N3. The molecule has 0 saturated carbocycles. The third-order valence-corrected chi connectivity index (χ3v) is 3.27. The molecule has 0 amide bonds. The number of anilines is 1. The van der Waals surface area contributed by atoms with Crippen LogP contribution in [-0.4, -0.2) is 16.7 Å². The van der Waals surface area contributed by atoms with Gasteiger partial charge in [0.05, 0.1) is 0 Å². The number of nitrogens with zero attached hydrogens (tertiary/aromatic N) is 3. The van der Waals surface area contributed by atoms with Crippen LogP contribution < -0.4 is 4.90 Å². The summed E-state index contributed by atoms with van der Waals surface area (Å²) >= 11 is 0. The van der Waals surface area contributed by atoms with Gasteiger partial charge in [-0.05, 0) is 37.1 Å². The Morgan fingerprint density at radius 2 is 1.76 bits per heavy atom. The van der Waals surface area contributed by atoms with Gasteiger partial charge in [0, 0.05) is 13.1 Å². The highest BCUT2D eigenvalue weighted by atomic mass is 19.4. The molecule has 1 aromatic heterocycles. The van der Waals surface area contributed by atoms with Crippen LogP contribution in [0.4, 0.5) is 19.0 Å². The summed E-state index contributed by atoms with van der Waals surface area (Å²) < 4.78 is 37.5. The minimum Gasteiger partial charge on any atom is -0.351 e. The first-order chi connectivity index (χ1) is 9.91. The molecule has 0 unspecified atom stereocenters. The van der Waals surface area contributed by atoms with Crippen molar-refractivity contribution in [1.29, 1.82) is 0 Å². The Hall–Kier alpha value is -2.11. The molecule has 0 aliphatic rings. The van der Waals surface area contributed by atoms with Gasteiger partial charge in [0.15, 0.2) is 11.5 Å². The molecular weight excluding hydrogens is 279 g/mol. The molecule has 21 heavy (non-hydrogen) atoms. The van der Waals surface area contributed by atoms with Gasteiger partial charge in [0.2, 0.25) is 0 Å². The molecule has 0 spiro atoms. The summed E-state index contributed by atoms with van der Waals surface area (Å²) in [7, 11) is 0. The van der Waals surface area contributed by atoms with Gasteiger partial charge in [0.1, 0.15) is 0 Å². The van der Waals surface area contributed by atoms with E-state index in [9.17, 15) is 13.2 Å². The maximum absolute atomic E-state index is 12.5. The number of hydrogen-bond donors (Lipinski definition) is 0. The zero-order chi connectivity index (χ0) is 15.5. The molecule has 0 aliphatic carbocycles. The molecule has 112 valence electrons. The molecule has 0 atom stereocenters. The predicted molar refractivity (Wildman–Crippen MR) is 74.9 cm³/mol. The molecule has 0 bridgehead atoms. The van der Waals surface area contributed by atoms with Gasteiger partial charge in [-0.15, -0.1) is 10.2 Å². The molecule has 0 fully saturated rings. The van der Waals surface area contributed by atoms with Crippen molar-refractivity contribution >= 4 is 5.82 Å². The fourth-order valence-corrected chi connectivity index (χ4v) is 1.99. The Morgan fingerprint density at radius 3 is 2.29 bits per heavy atom. The van der Waals surface area contributed by atoms with Crippen molar-refractivity contribution in [1.82, 2.24) is 10.2 Å². The molecule has 1 aromatic carbocycles. The topological polar surface area (TPSA) is 29.0 Å². The molecule has 1 heterocycles. The number of rotatable bonds is 4. The lowest BCUT2D eigenvalue weighted by Gasteiger charge is -2.22. The quantitative estimate of drug-likeness (QED) is 0.858. The normalized spacial score (nSPS) is 11.5. The maximum Gasteiger partial charge on any atom is 0.435 e. The number of halogens is 3. The van der Waals surface area contributed by atoms with Crippen molar-refractivity contribution < 1.29 is 13.2 Å². The van der Waals surface area contributed by atoms with Crippen LogP contribution in [0.15, 0.2) is 36.4 Å². The van der Waals surface area contributed by atoms with E-state index in [1.165, 1.54) is 6.07 Å². The Kier molecular flexibility index (Phi) is 4.45. The van der Waals surface area contributed by atoms with Crippen LogP contribution in [0.5, 0.6) is 0 Å². The minimum absolute atomic E-state index is 0.439. The van der Waals surface area contributed by atoms with Crippen LogP contribution in [0.1, 0.15) is 23.7 Å². The van der Waals surface area contributed by atoms with Crippen molar-refractivity contribution in [2.24, 2.45) is 0 Å². The fraction of sp³-hybridized carbons (Fsp3) is 0.333. The molecule has 0 N–H and O–H groups in total. The summed E-state index contributed by atoms with van der Waals surface area (Å²) in [6, 6.07) is 10.2. The lowest BCUT2D eigenvalue weighted by molar-refractivity contribution is -0.141. The monoisotopic (exact) mass is 295 g/mol. The van der Waals surface area contributed by atoms with E-state index >= 15 is 0 Å². The van der Waals surface area contributed by atoms with Crippen LogP contribution in [0.3, 0.4) is 0 Å². The zero-order valence-corrected chi connectivity index (χ0v) is 11.9. The summed E-state index contributed by atoms with van der Waals surface area (Å²) in [5, 5.41) is 6.96. The van der Waals surface area contributed by atoms with Gasteiger partial charge in [-0.1, -0.05) is 24.3 Å². The summed E-state index contributed by atoms with van der Waals surface area (Å²) in [4.78, 5) is 1.88. The van der Waals surface area contributed by atoms with E-state index < -0.39 is 11.9 Å². The number of alkyl halides is 3. The Labute approximate surface area is 121 Å². The van der Waals surface area contributed by atoms with E-state index in [1.54, 1.807) is 0 Å². The lowest BCUT2D eigenvalue weighted by atomic mass is 10.1. The zero-order valence-electron chi connectivity index (χ0n) is 11.9. The number of aryl methyl sites for hydroxylation is 1. The van der Waals surface area contributed by atoms with Crippen LogP contribution in [0.2, 0.25) is 0 Å². The highest BCUT2D eigenvalue weighted by Gasteiger charge is 2.33. The van der Waals surface area contributed by atoms with Gasteiger partial charge < -0.3 is 4.90 Å². The third-order valence-electron chi connectivity index (χ3n) is 3.27. The fourth-order valence-electron chi connectivity index (χ4n) is 1.99. The largest absolute Gasteiger partial charge is 0.435 e. The molecule has 2 rings (SSSR count). The number of hydrogen-bond acceptors (Lipinski definition) is 3. The number of aromatic nitrogens is 2. The first-order valence-corrected chi connectivity index (χ1v) is 6.62. The average Bonchev–Trinajstić information content (AvgIpc) is 2.46. The number of benzene rings is 1. The summed E-state index contributed by atoms with van der Waals surface area (Å²) in [6.45, 7) is 5.15. The predicted octanol–water partition coefficient (Wildman–Crippen LogP) is 3.83. The van der Waals surface area contributed by atoms with Crippen molar-refractivity contribution in [3.05, 3.63) is 53.2 Å². The highest BCUT2D eigenvalue weighted by molar-refractivity contribution is 5.40. The van der Waals surface area contributed by atoms with E-state index in [2.05, 4.69) is 10.2 Å². The van der Waals surface area contributed by atoms with Crippen molar-refractivity contribution in [3.63, 3.8) is 0 Å². The van der Waals surface area contributed by atoms with E-state index in [0.717, 1.165) is 17.2 Å². The second kappa shape index (κ2) is 6.11. The van der Waals surface area contributed by atoms with Crippen molar-refractivity contribution in [3.8, 4) is 0 Å². The van der Waals surface area contributed by atoms with E-state index in [0.29, 0.717) is 18.9 Å². The van der Waals surface area contributed by atoms with Gasteiger partial charge >= 0.3 is 6.18 Å². The Morgan fingerprint density at radius 1 is 1.05 bits per heavy atom. The molecule has 2 aromatic rings. The lowest BCUT2D eigenvalue weighted by Crippen LogP contribution is -2.24. The standard InChI is InChI=1S/C15H16F3N3/c1-3-21(10-12-7-5-4-6-11(12)2)14-9-8-13(19-20-14)15(16,17)18/h4-9H,3,10H2,1-2H3. The molecule has 0 aliphatic heterocycles.